The van der Waals surface area contributed by atoms with E-state index in [-0.39, 0.29) is 0 Å². The zero-order valence-electron chi connectivity index (χ0n) is 12.1. The second-order valence-electron chi connectivity index (χ2n) is 4.92. The summed E-state index contributed by atoms with van der Waals surface area (Å²) >= 11 is 1.86. The van der Waals surface area contributed by atoms with Crippen molar-refractivity contribution in [1.82, 2.24) is 19.8 Å². The minimum absolute atomic E-state index is 0.341. The highest BCUT2D eigenvalue weighted by molar-refractivity contribution is 8.00. The van der Waals surface area contributed by atoms with E-state index in [0.717, 1.165) is 12.2 Å². The van der Waals surface area contributed by atoms with Crippen LogP contribution in [0.5, 0.6) is 0 Å². The molecule has 0 aromatic carbocycles. The Morgan fingerprint density at radius 1 is 1.55 bits per heavy atom. The quantitative estimate of drug-likeness (QED) is 0.845. The molecule has 6 nitrogen and oxygen atoms in total. The Bertz CT molecular complexity index is 556. The first-order chi connectivity index (χ1) is 9.50. The number of aromatic amines is 1. The molecule has 1 atom stereocenters. The molecule has 1 unspecified atom stereocenters. The van der Waals surface area contributed by atoms with E-state index in [0.29, 0.717) is 41.2 Å². The fourth-order valence-corrected chi connectivity index (χ4v) is 5.59. The van der Waals surface area contributed by atoms with Crippen LogP contribution in [0.4, 0.5) is 0 Å². The Labute approximate surface area is 124 Å². The standard InChI is InChI=1S/C12H22N4O2S2/c1-4-10-8-16(5-6-19-10)20(17,18)12-9(2)14-15-11(12)7-13-3/h10,13H,4-8H2,1-3H3,(H,14,15). The van der Waals surface area contributed by atoms with Crippen molar-refractivity contribution in [2.45, 2.75) is 37.0 Å². The number of sulfonamides is 1. The molecule has 1 aromatic rings. The Morgan fingerprint density at radius 2 is 2.30 bits per heavy atom. The number of nitrogens with zero attached hydrogens (tertiary/aromatic N) is 2. The monoisotopic (exact) mass is 318 g/mol. The molecule has 0 spiro atoms. The maximum Gasteiger partial charge on any atom is 0.246 e. The summed E-state index contributed by atoms with van der Waals surface area (Å²) in [4.78, 5) is 0.341. The van der Waals surface area contributed by atoms with E-state index in [2.05, 4.69) is 22.4 Å². The highest BCUT2D eigenvalue weighted by atomic mass is 32.2. The molecule has 0 amide bonds. The van der Waals surface area contributed by atoms with Crippen LogP contribution in [0.2, 0.25) is 0 Å². The van der Waals surface area contributed by atoms with E-state index in [9.17, 15) is 8.42 Å². The van der Waals surface area contributed by atoms with Crippen LogP contribution in [0, 0.1) is 6.92 Å². The van der Waals surface area contributed by atoms with Crippen molar-refractivity contribution in [2.24, 2.45) is 0 Å². The number of hydrogen-bond acceptors (Lipinski definition) is 5. The molecule has 20 heavy (non-hydrogen) atoms. The van der Waals surface area contributed by atoms with Gasteiger partial charge in [-0.1, -0.05) is 6.92 Å². The van der Waals surface area contributed by atoms with Crippen molar-refractivity contribution in [2.75, 3.05) is 25.9 Å². The molecule has 0 aliphatic carbocycles. The van der Waals surface area contributed by atoms with Gasteiger partial charge in [0.2, 0.25) is 10.0 Å². The topological polar surface area (TPSA) is 78.1 Å². The smallest absolute Gasteiger partial charge is 0.246 e. The first-order valence-electron chi connectivity index (χ1n) is 6.80. The maximum atomic E-state index is 12.9. The summed E-state index contributed by atoms with van der Waals surface area (Å²) in [6.45, 7) is 5.47. The van der Waals surface area contributed by atoms with Gasteiger partial charge in [0, 0.05) is 30.6 Å². The zero-order chi connectivity index (χ0) is 14.8. The third kappa shape index (κ3) is 3.03. The molecule has 2 rings (SSSR count). The van der Waals surface area contributed by atoms with E-state index in [4.69, 9.17) is 0 Å². The van der Waals surface area contributed by atoms with Crippen molar-refractivity contribution in [3.8, 4) is 0 Å². The van der Waals surface area contributed by atoms with Gasteiger partial charge in [0.15, 0.2) is 0 Å². The minimum atomic E-state index is -3.46. The van der Waals surface area contributed by atoms with Crippen LogP contribution in [0.15, 0.2) is 4.90 Å². The number of H-pyrrole nitrogens is 1. The molecule has 1 fully saturated rings. The number of nitrogens with one attached hydrogen (secondary N) is 2. The molecular weight excluding hydrogens is 296 g/mol. The number of aromatic nitrogens is 2. The first-order valence-corrected chi connectivity index (χ1v) is 9.29. The lowest BCUT2D eigenvalue weighted by Crippen LogP contribution is -2.42. The van der Waals surface area contributed by atoms with Crippen LogP contribution in [-0.2, 0) is 16.6 Å². The zero-order valence-corrected chi connectivity index (χ0v) is 13.8. The predicted molar refractivity (Wildman–Crippen MR) is 81.4 cm³/mol. The fraction of sp³-hybridized carbons (Fsp3) is 0.750. The molecule has 1 aliphatic heterocycles. The summed E-state index contributed by atoms with van der Waals surface area (Å²) in [6.07, 6.45) is 0.991. The normalized spacial score (nSPS) is 21.2. The van der Waals surface area contributed by atoms with Gasteiger partial charge in [-0.25, -0.2) is 8.42 Å². The highest BCUT2D eigenvalue weighted by Gasteiger charge is 2.33. The SMILES string of the molecule is CCC1CN(S(=O)(=O)c2c(CNC)n[nH]c2C)CCS1. The van der Waals surface area contributed by atoms with Gasteiger partial charge in [-0.05, 0) is 20.4 Å². The van der Waals surface area contributed by atoms with Gasteiger partial charge in [-0.15, -0.1) is 0 Å². The highest BCUT2D eigenvalue weighted by Crippen LogP contribution is 2.28. The molecular formula is C12H22N4O2S2. The van der Waals surface area contributed by atoms with Crippen LogP contribution in [0.3, 0.4) is 0 Å². The van der Waals surface area contributed by atoms with Crippen LogP contribution in [0.25, 0.3) is 0 Å². The Kier molecular flexibility index (Phi) is 5.11. The van der Waals surface area contributed by atoms with Gasteiger partial charge in [-0.2, -0.15) is 21.2 Å². The first kappa shape index (κ1) is 15.8. The lowest BCUT2D eigenvalue weighted by molar-refractivity contribution is 0.415. The molecule has 8 heteroatoms. The molecule has 0 saturated carbocycles. The van der Waals surface area contributed by atoms with Gasteiger partial charge in [-0.3, -0.25) is 5.10 Å². The molecule has 1 saturated heterocycles. The number of thioether (sulfide) groups is 1. The maximum absolute atomic E-state index is 12.9. The molecule has 2 N–H and O–H groups in total. The summed E-state index contributed by atoms with van der Waals surface area (Å²) in [6, 6.07) is 0. The average molecular weight is 318 g/mol. The lowest BCUT2D eigenvalue weighted by atomic mass is 10.3. The van der Waals surface area contributed by atoms with Crippen LogP contribution >= 0.6 is 11.8 Å². The summed E-state index contributed by atoms with van der Waals surface area (Å²) in [5, 5.41) is 10.2. The molecule has 2 heterocycles. The third-order valence-corrected chi connectivity index (χ3v) is 6.90. The van der Waals surface area contributed by atoms with Crippen molar-refractivity contribution >= 4 is 21.8 Å². The Morgan fingerprint density at radius 3 is 2.95 bits per heavy atom. The summed E-state index contributed by atoms with van der Waals surface area (Å²) < 4.78 is 27.3. The molecule has 114 valence electrons. The lowest BCUT2D eigenvalue weighted by Gasteiger charge is -2.31. The second kappa shape index (κ2) is 6.46. The van der Waals surface area contributed by atoms with Gasteiger partial charge in [0.05, 0.1) is 11.4 Å². The fourth-order valence-electron chi connectivity index (χ4n) is 2.39. The second-order valence-corrected chi connectivity index (χ2v) is 8.20. The van der Waals surface area contributed by atoms with Gasteiger partial charge < -0.3 is 5.32 Å². The van der Waals surface area contributed by atoms with Crippen LogP contribution < -0.4 is 5.32 Å². The predicted octanol–water partition coefficient (Wildman–Crippen LogP) is 0.954. The van der Waals surface area contributed by atoms with Crippen molar-refractivity contribution in [1.29, 1.82) is 0 Å². The van der Waals surface area contributed by atoms with E-state index in [1.807, 2.05) is 11.8 Å². The van der Waals surface area contributed by atoms with Crippen LogP contribution in [0.1, 0.15) is 24.7 Å². The van der Waals surface area contributed by atoms with Crippen molar-refractivity contribution in [3.05, 3.63) is 11.4 Å². The van der Waals surface area contributed by atoms with Gasteiger partial charge >= 0.3 is 0 Å². The van der Waals surface area contributed by atoms with E-state index < -0.39 is 10.0 Å². The third-order valence-electron chi connectivity index (χ3n) is 3.46. The van der Waals surface area contributed by atoms with Gasteiger partial charge in [0.25, 0.3) is 0 Å². The number of hydrogen-bond donors (Lipinski definition) is 2. The molecule has 0 bridgehead atoms. The van der Waals surface area contributed by atoms with Crippen LogP contribution in [-0.4, -0.2) is 54.1 Å². The van der Waals surface area contributed by atoms with Crippen molar-refractivity contribution < 1.29 is 8.42 Å². The minimum Gasteiger partial charge on any atom is -0.314 e. The largest absolute Gasteiger partial charge is 0.314 e. The molecule has 1 aliphatic rings. The van der Waals surface area contributed by atoms with E-state index in [1.54, 1.807) is 18.3 Å². The number of rotatable bonds is 5. The number of aryl methyl sites for hydroxylation is 1. The summed E-state index contributed by atoms with van der Waals surface area (Å²) in [7, 11) is -1.68. The average Bonchev–Trinajstić information content (AvgIpc) is 2.81. The Hall–Kier alpha value is -0.570. The van der Waals surface area contributed by atoms with Gasteiger partial charge in [0.1, 0.15) is 4.90 Å². The van der Waals surface area contributed by atoms with Crippen molar-refractivity contribution in [3.63, 3.8) is 0 Å². The van der Waals surface area contributed by atoms with E-state index >= 15 is 0 Å². The van der Waals surface area contributed by atoms with E-state index in [1.165, 1.54) is 0 Å². The molecule has 1 aromatic heterocycles. The summed E-state index contributed by atoms with van der Waals surface area (Å²) in [5.74, 6) is 0.857. The Balaban J connectivity index is 2.32. The summed E-state index contributed by atoms with van der Waals surface area (Å²) in [5.41, 5.74) is 1.18. The molecule has 0 radical (unpaired) electrons.